The molecule has 0 saturated carbocycles. The van der Waals surface area contributed by atoms with Crippen LogP contribution in [0.2, 0.25) is 0 Å². The smallest absolute Gasteiger partial charge is 0.225 e. The fourth-order valence-corrected chi connectivity index (χ4v) is 3.98. The summed E-state index contributed by atoms with van der Waals surface area (Å²) in [5.41, 5.74) is 2.10. The molecule has 1 atom stereocenters. The van der Waals surface area contributed by atoms with Crippen LogP contribution in [0.1, 0.15) is 41.5 Å². The quantitative estimate of drug-likeness (QED) is 0.319. The van der Waals surface area contributed by atoms with Gasteiger partial charge in [0, 0.05) is 40.9 Å². The lowest BCUT2D eigenvalue weighted by Gasteiger charge is -2.26. The van der Waals surface area contributed by atoms with Gasteiger partial charge in [-0.1, -0.05) is 25.1 Å². The molecule has 3 N–H and O–H groups in total. The molecule has 1 amide bonds. The number of nitrogens with one attached hydrogen (secondary N) is 3. The first-order valence-corrected chi connectivity index (χ1v) is 9.99. The predicted molar refractivity (Wildman–Crippen MR) is 124 cm³/mol. The number of fused-ring (bicyclic) bond motifs is 1. The zero-order chi connectivity index (χ0) is 18.4. The minimum Gasteiger partial charge on any atom is -0.357 e. The summed E-state index contributed by atoms with van der Waals surface area (Å²) >= 11 is 1.81. The largest absolute Gasteiger partial charge is 0.357 e. The zero-order valence-electron chi connectivity index (χ0n) is 15.7. The number of aliphatic imine (C=N–C) groups is 1. The Morgan fingerprint density at radius 2 is 1.96 bits per heavy atom. The van der Waals surface area contributed by atoms with Gasteiger partial charge in [-0.2, -0.15) is 0 Å². The lowest BCUT2D eigenvalue weighted by molar-refractivity contribution is -0.116. The van der Waals surface area contributed by atoms with Crippen molar-refractivity contribution in [1.29, 1.82) is 0 Å². The maximum atomic E-state index is 12.0. The number of nitrogens with zero attached hydrogens (tertiary/aromatic N) is 1. The van der Waals surface area contributed by atoms with Gasteiger partial charge in [0.1, 0.15) is 0 Å². The molecule has 0 aliphatic carbocycles. The number of carbonyl (C=O) groups is 1. The molecule has 1 unspecified atom stereocenters. The third-order valence-corrected chi connectivity index (χ3v) is 5.64. The topological polar surface area (TPSA) is 65.5 Å². The van der Waals surface area contributed by atoms with Gasteiger partial charge in [-0.3, -0.25) is 4.79 Å². The van der Waals surface area contributed by atoms with Crippen LogP contribution >= 0.6 is 35.3 Å². The normalized spacial score (nSPS) is 16.1. The molecule has 3 rings (SSSR count). The van der Waals surface area contributed by atoms with Crippen LogP contribution in [0.4, 0.5) is 5.69 Å². The van der Waals surface area contributed by atoms with Crippen molar-refractivity contribution in [3.63, 3.8) is 0 Å². The lowest BCUT2D eigenvalue weighted by atomic mass is 9.90. The average Bonchev–Trinajstić information content (AvgIpc) is 3.11. The van der Waals surface area contributed by atoms with Crippen LogP contribution in [-0.4, -0.2) is 25.0 Å². The van der Waals surface area contributed by atoms with E-state index in [0.29, 0.717) is 19.5 Å². The van der Waals surface area contributed by atoms with Crippen LogP contribution in [0.15, 0.2) is 41.4 Å². The molecule has 1 aromatic heterocycles. The van der Waals surface area contributed by atoms with Crippen LogP contribution in [0.3, 0.4) is 0 Å². The fraction of sp³-hybridized carbons (Fsp3) is 0.400. The molecule has 0 bridgehead atoms. The Kier molecular flexibility index (Phi) is 8.56. The second kappa shape index (κ2) is 10.7. The molecule has 1 aliphatic rings. The lowest BCUT2D eigenvalue weighted by Crippen LogP contribution is -2.40. The number of benzene rings is 1. The van der Waals surface area contributed by atoms with Gasteiger partial charge in [0.05, 0.1) is 6.54 Å². The Bertz CT molecular complexity index is 790. The summed E-state index contributed by atoms with van der Waals surface area (Å²) in [6.07, 6.45) is 1.56. The summed E-state index contributed by atoms with van der Waals surface area (Å²) in [5.74, 6) is 1.02. The van der Waals surface area contributed by atoms with E-state index in [1.54, 1.807) is 0 Å². The van der Waals surface area contributed by atoms with Crippen molar-refractivity contribution in [3.05, 3.63) is 51.7 Å². The highest BCUT2D eigenvalue weighted by Crippen LogP contribution is 2.31. The number of amides is 1. The van der Waals surface area contributed by atoms with E-state index < -0.39 is 0 Å². The van der Waals surface area contributed by atoms with Crippen molar-refractivity contribution in [2.45, 2.75) is 39.2 Å². The highest BCUT2D eigenvalue weighted by Gasteiger charge is 2.24. The molecule has 2 heterocycles. The molecule has 7 heteroatoms. The number of hydrogen-bond donors (Lipinski definition) is 3. The maximum absolute atomic E-state index is 12.0. The molecule has 2 aromatic rings. The van der Waals surface area contributed by atoms with Gasteiger partial charge < -0.3 is 16.0 Å². The Hall–Kier alpha value is -1.61. The molecule has 1 aliphatic heterocycles. The third kappa shape index (κ3) is 5.93. The first-order chi connectivity index (χ1) is 12.7. The van der Waals surface area contributed by atoms with Crippen molar-refractivity contribution in [1.82, 2.24) is 10.6 Å². The molecular formula is C20H27IN4OS. The SMILES string of the molecule is CCNC(=NCc1ccc(CC)s1)NCC1CC(=O)Nc2ccccc21.I. The van der Waals surface area contributed by atoms with Gasteiger partial charge in [-0.25, -0.2) is 4.99 Å². The standard InChI is InChI=1S/C20H26N4OS.HI/c1-3-15-9-10-16(26-15)13-23-20(21-4-2)22-12-14-11-19(25)24-18-8-6-5-7-17(14)18;/h5-10,14H,3-4,11-13H2,1-2H3,(H,24,25)(H2,21,22,23);1H. The molecule has 5 nitrogen and oxygen atoms in total. The Morgan fingerprint density at radius 3 is 2.70 bits per heavy atom. The Balaban J connectivity index is 0.00000261. The first-order valence-electron chi connectivity index (χ1n) is 9.18. The van der Waals surface area contributed by atoms with E-state index in [1.165, 1.54) is 15.3 Å². The fourth-order valence-electron chi connectivity index (χ4n) is 3.10. The second-order valence-corrected chi connectivity index (χ2v) is 7.59. The van der Waals surface area contributed by atoms with Crippen LogP contribution < -0.4 is 16.0 Å². The number of carbonyl (C=O) groups excluding carboxylic acids is 1. The monoisotopic (exact) mass is 498 g/mol. The second-order valence-electron chi connectivity index (χ2n) is 6.33. The van der Waals surface area contributed by atoms with Crippen molar-refractivity contribution in [2.75, 3.05) is 18.4 Å². The van der Waals surface area contributed by atoms with Crippen LogP contribution in [0.25, 0.3) is 0 Å². The van der Waals surface area contributed by atoms with Crippen LogP contribution in [-0.2, 0) is 17.8 Å². The maximum Gasteiger partial charge on any atom is 0.225 e. The molecule has 27 heavy (non-hydrogen) atoms. The van der Waals surface area contributed by atoms with Gasteiger partial charge in [0.15, 0.2) is 5.96 Å². The number of guanidine groups is 1. The van der Waals surface area contributed by atoms with Crippen molar-refractivity contribution < 1.29 is 4.79 Å². The summed E-state index contributed by atoms with van der Waals surface area (Å²) in [5, 5.41) is 9.64. The van der Waals surface area contributed by atoms with Crippen LogP contribution in [0.5, 0.6) is 0 Å². The number of halogens is 1. The molecule has 0 spiro atoms. The number of para-hydroxylation sites is 1. The van der Waals surface area contributed by atoms with E-state index in [1.807, 2.05) is 29.5 Å². The van der Waals surface area contributed by atoms with Gasteiger partial charge in [0.25, 0.3) is 0 Å². The molecular weight excluding hydrogens is 471 g/mol. The third-order valence-electron chi connectivity index (χ3n) is 4.43. The van der Waals surface area contributed by atoms with E-state index in [4.69, 9.17) is 4.99 Å². The molecule has 0 saturated heterocycles. The van der Waals surface area contributed by atoms with Crippen molar-refractivity contribution in [3.8, 4) is 0 Å². The van der Waals surface area contributed by atoms with Gasteiger partial charge in [-0.15, -0.1) is 35.3 Å². The number of thiophene rings is 1. The number of anilines is 1. The first kappa shape index (κ1) is 21.7. The minimum absolute atomic E-state index is 0. The summed E-state index contributed by atoms with van der Waals surface area (Å²) in [6.45, 7) is 6.38. The molecule has 0 fully saturated rings. The highest BCUT2D eigenvalue weighted by molar-refractivity contribution is 14.0. The highest BCUT2D eigenvalue weighted by atomic mass is 127. The minimum atomic E-state index is 0. The summed E-state index contributed by atoms with van der Waals surface area (Å²) in [4.78, 5) is 19.3. The van der Waals surface area contributed by atoms with Crippen LogP contribution in [0, 0.1) is 0 Å². The van der Waals surface area contributed by atoms with Crippen molar-refractivity contribution in [2.24, 2.45) is 4.99 Å². The number of hydrogen-bond acceptors (Lipinski definition) is 3. The average molecular weight is 498 g/mol. The number of aryl methyl sites for hydroxylation is 1. The predicted octanol–water partition coefficient (Wildman–Crippen LogP) is 4.11. The van der Waals surface area contributed by atoms with Gasteiger partial charge in [0.2, 0.25) is 5.91 Å². The molecule has 1 aromatic carbocycles. The van der Waals surface area contributed by atoms with E-state index in [9.17, 15) is 4.79 Å². The van der Waals surface area contributed by atoms with Crippen molar-refractivity contribution >= 4 is 52.9 Å². The Morgan fingerprint density at radius 1 is 1.19 bits per heavy atom. The summed E-state index contributed by atoms with van der Waals surface area (Å²) in [7, 11) is 0. The molecule has 146 valence electrons. The van der Waals surface area contributed by atoms with Gasteiger partial charge >= 0.3 is 0 Å². The van der Waals surface area contributed by atoms with E-state index >= 15 is 0 Å². The zero-order valence-corrected chi connectivity index (χ0v) is 18.9. The van der Waals surface area contributed by atoms with E-state index in [0.717, 1.165) is 24.6 Å². The molecule has 0 radical (unpaired) electrons. The van der Waals surface area contributed by atoms with E-state index in [2.05, 4.69) is 48.0 Å². The summed E-state index contributed by atoms with van der Waals surface area (Å²) < 4.78 is 0. The van der Waals surface area contributed by atoms with Gasteiger partial charge in [-0.05, 0) is 37.1 Å². The van der Waals surface area contributed by atoms with E-state index in [-0.39, 0.29) is 35.8 Å². The Labute approximate surface area is 182 Å². The number of rotatable bonds is 6. The summed E-state index contributed by atoms with van der Waals surface area (Å²) in [6, 6.07) is 12.3.